The van der Waals surface area contributed by atoms with Crippen molar-refractivity contribution in [2.75, 3.05) is 7.11 Å². The monoisotopic (exact) mass is 281 g/mol. The first-order chi connectivity index (χ1) is 7.61. The molecule has 3 nitrogen and oxygen atoms in total. The van der Waals surface area contributed by atoms with E-state index in [9.17, 15) is 4.79 Å². The Kier molecular flexibility index (Phi) is 2.76. The van der Waals surface area contributed by atoms with Gasteiger partial charge in [0.2, 0.25) is 0 Å². The molecule has 0 unspecified atom stereocenters. The van der Waals surface area contributed by atoms with Crippen LogP contribution in [0, 0.1) is 6.92 Å². The van der Waals surface area contributed by atoms with Gasteiger partial charge in [0.05, 0.1) is 17.3 Å². The van der Waals surface area contributed by atoms with Gasteiger partial charge in [-0.3, -0.25) is 4.79 Å². The fraction of sp³-hybridized carbons (Fsp3) is 0.250. The van der Waals surface area contributed by atoms with Crippen molar-refractivity contribution < 1.29 is 9.53 Å². The first kappa shape index (κ1) is 11.2. The maximum absolute atomic E-state index is 11.0. The van der Waals surface area contributed by atoms with Crippen molar-refractivity contribution in [2.45, 2.75) is 6.92 Å². The Bertz CT molecular complexity index is 572. The number of aldehydes is 1. The summed E-state index contributed by atoms with van der Waals surface area (Å²) in [7, 11) is 3.52. The predicted molar refractivity (Wildman–Crippen MR) is 67.3 cm³/mol. The smallest absolute Gasteiger partial charge is 0.166 e. The van der Waals surface area contributed by atoms with Crippen LogP contribution in [0.15, 0.2) is 16.6 Å². The van der Waals surface area contributed by atoms with Crippen LogP contribution in [-0.4, -0.2) is 18.0 Å². The van der Waals surface area contributed by atoms with Crippen molar-refractivity contribution in [3.63, 3.8) is 0 Å². The van der Waals surface area contributed by atoms with Gasteiger partial charge >= 0.3 is 0 Å². The molecule has 0 bridgehead atoms. The molecule has 0 aliphatic carbocycles. The lowest BCUT2D eigenvalue weighted by molar-refractivity contribution is 0.111. The van der Waals surface area contributed by atoms with Gasteiger partial charge in [-0.15, -0.1) is 0 Å². The van der Waals surface area contributed by atoms with Gasteiger partial charge in [-0.2, -0.15) is 0 Å². The minimum atomic E-state index is 0.698. The van der Waals surface area contributed by atoms with Gasteiger partial charge in [-0.25, -0.2) is 0 Å². The van der Waals surface area contributed by atoms with Gasteiger partial charge in [-0.05, 0) is 40.5 Å². The van der Waals surface area contributed by atoms with Crippen LogP contribution < -0.4 is 4.74 Å². The third kappa shape index (κ3) is 1.37. The molecule has 16 heavy (non-hydrogen) atoms. The SMILES string of the molecule is COc1ccc2c(c(C)c(C=O)n2C)c1Br. The van der Waals surface area contributed by atoms with Crippen molar-refractivity contribution in [1.29, 1.82) is 0 Å². The second-order valence-corrected chi connectivity index (χ2v) is 4.46. The summed E-state index contributed by atoms with van der Waals surface area (Å²) in [5, 5.41) is 1.03. The molecule has 0 N–H and O–H groups in total. The largest absolute Gasteiger partial charge is 0.496 e. The molecule has 2 aromatic rings. The first-order valence-corrected chi connectivity index (χ1v) is 5.67. The quantitative estimate of drug-likeness (QED) is 0.793. The van der Waals surface area contributed by atoms with E-state index in [2.05, 4.69) is 15.9 Å². The normalized spacial score (nSPS) is 10.8. The van der Waals surface area contributed by atoms with Crippen molar-refractivity contribution in [3.8, 4) is 5.75 Å². The minimum Gasteiger partial charge on any atom is -0.496 e. The van der Waals surface area contributed by atoms with Gasteiger partial charge in [0, 0.05) is 18.0 Å². The van der Waals surface area contributed by atoms with E-state index in [1.54, 1.807) is 7.11 Å². The lowest BCUT2D eigenvalue weighted by atomic mass is 10.1. The molecule has 0 saturated carbocycles. The van der Waals surface area contributed by atoms with Crippen LogP contribution in [0.4, 0.5) is 0 Å². The second kappa shape index (κ2) is 3.94. The maximum atomic E-state index is 11.0. The highest BCUT2D eigenvalue weighted by Crippen LogP contribution is 2.36. The highest BCUT2D eigenvalue weighted by atomic mass is 79.9. The zero-order chi connectivity index (χ0) is 11.9. The number of nitrogens with zero attached hydrogens (tertiary/aromatic N) is 1. The molecule has 1 aromatic carbocycles. The summed E-state index contributed by atoms with van der Waals surface area (Å²) in [6, 6.07) is 3.85. The highest BCUT2D eigenvalue weighted by Gasteiger charge is 2.15. The summed E-state index contributed by atoms with van der Waals surface area (Å²) in [6.45, 7) is 1.94. The molecule has 0 radical (unpaired) electrons. The number of fused-ring (bicyclic) bond motifs is 1. The van der Waals surface area contributed by atoms with Gasteiger partial charge < -0.3 is 9.30 Å². The van der Waals surface area contributed by atoms with Crippen LogP contribution in [0.5, 0.6) is 5.75 Å². The van der Waals surface area contributed by atoms with Crippen molar-refractivity contribution >= 4 is 33.1 Å². The third-order valence-electron chi connectivity index (χ3n) is 2.90. The number of ether oxygens (including phenoxy) is 1. The Morgan fingerprint density at radius 2 is 2.12 bits per heavy atom. The summed E-state index contributed by atoms with van der Waals surface area (Å²) < 4.78 is 8.03. The van der Waals surface area contributed by atoms with Crippen LogP contribution >= 0.6 is 15.9 Å². The van der Waals surface area contributed by atoms with E-state index >= 15 is 0 Å². The Morgan fingerprint density at radius 1 is 1.44 bits per heavy atom. The Labute approximate surface area is 102 Å². The number of halogens is 1. The Balaban J connectivity index is 2.94. The molecule has 0 aliphatic rings. The van der Waals surface area contributed by atoms with Gasteiger partial charge in [0.1, 0.15) is 5.75 Å². The third-order valence-corrected chi connectivity index (χ3v) is 3.69. The number of methoxy groups -OCH3 is 1. The number of rotatable bonds is 2. The van der Waals surface area contributed by atoms with Crippen LogP contribution in [0.3, 0.4) is 0 Å². The van der Waals surface area contributed by atoms with E-state index in [1.807, 2.05) is 30.7 Å². The predicted octanol–water partition coefficient (Wildman–Crippen LogP) is 3.07. The molecule has 84 valence electrons. The number of benzene rings is 1. The summed E-state index contributed by atoms with van der Waals surface area (Å²) >= 11 is 3.52. The van der Waals surface area contributed by atoms with Crippen LogP contribution in [0.2, 0.25) is 0 Å². The molecule has 1 heterocycles. The first-order valence-electron chi connectivity index (χ1n) is 4.88. The molecule has 0 fully saturated rings. The molecule has 0 atom stereocenters. The fourth-order valence-electron chi connectivity index (χ4n) is 2.02. The molecule has 0 spiro atoms. The number of carbonyl (C=O) groups excluding carboxylic acids is 1. The molecule has 1 aromatic heterocycles. The standard InChI is InChI=1S/C12H12BrNO2/c1-7-9(6-15)14(2)8-4-5-10(16-3)12(13)11(7)8/h4-6H,1-3H3. The maximum Gasteiger partial charge on any atom is 0.166 e. The second-order valence-electron chi connectivity index (χ2n) is 3.66. The summed E-state index contributed by atoms with van der Waals surface area (Å²) in [6.07, 6.45) is 0.883. The topological polar surface area (TPSA) is 31.2 Å². The number of carbonyl (C=O) groups is 1. The summed E-state index contributed by atoms with van der Waals surface area (Å²) in [5.74, 6) is 0.777. The van der Waals surface area contributed by atoms with Crippen LogP contribution in [0.25, 0.3) is 10.9 Å². The van der Waals surface area contributed by atoms with E-state index < -0.39 is 0 Å². The van der Waals surface area contributed by atoms with E-state index in [0.29, 0.717) is 5.69 Å². The Hall–Kier alpha value is -1.29. The lowest BCUT2D eigenvalue weighted by Crippen LogP contribution is -1.94. The van der Waals surface area contributed by atoms with Crippen molar-refractivity contribution in [3.05, 3.63) is 27.9 Å². The number of aryl methyl sites for hydroxylation is 2. The van der Waals surface area contributed by atoms with E-state index in [4.69, 9.17) is 4.74 Å². The zero-order valence-electron chi connectivity index (χ0n) is 9.37. The van der Waals surface area contributed by atoms with E-state index in [1.165, 1.54) is 0 Å². The molecule has 0 aliphatic heterocycles. The van der Waals surface area contributed by atoms with Gasteiger partial charge in [0.15, 0.2) is 6.29 Å². The average molecular weight is 282 g/mol. The zero-order valence-corrected chi connectivity index (χ0v) is 11.0. The molecular formula is C12H12BrNO2. The number of hydrogen-bond acceptors (Lipinski definition) is 2. The lowest BCUT2D eigenvalue weighted by Gasteiger charge is -2.05. The molecule has 4 heteroatoms. The molecular weight excluding hydrogens is 270 g/mol. The van der Waals surface area contributed by atoms with E-state index in [-0.39, 0.29) is 0 Å². The van der Waals surface area contributed by atoms with E-state index in [0.717, 1.165) is 33.0 Å². The van der Waals surface area contributed by atoms with Crippen molar-refractivity contribution in [2.24, 2.45) is 7.05 Å². The Morgan fingerprint density at radius 3 is 2.69 bits per heavy atom. The molecule has 2 rings (SSSR count). The minimum absolute atomic E-state index is 0.698. The molecule has 0 amide bonds. The average Bonchev–Trinajstić information content (AvgIpc) is 2.52. The van der Waals surface area contributed by atoms with Crippen LogP contribution in [0.1, 0.15) is 16.1 Å². The number of aromatic nitrogens is 1. The number of hydrogen-bond donors (Lipinski definition) is 0. The fourth-order valence-corrected chi connectivity index (χ4v) is 2.81. The summed E-state index contributed by atoms with van der Waals surface area (Å²) in [5.41, 5.74) is 2.69. The van der Waals surface area contributed by atoms with Gasteiger partial charge in [-0.1, -0.05) is 0 Å². The molecule has 0 saturated heterocycles. The van der Waals surface area contributed by atoms with Crippen LogP contribution in [-0.2, 0) is 7.05 Å². The highest BCUT2D eigenvalue weighted by molar-refractivity contribution is 9.10. The summed E-state index contributed by atoms with van der Waals surface area (Å²) in [4.78, 5) is 11.0. The van der Waals surface area contributed by atoms with Crippen molar-refractivity contribution in [1.82, 2.24) is 4.57 Å². The van der Waals surface area contributed by atoms with Gasteiger partial charge in [0.25, 0.3) is 0 Å².